The average Bonchev–Trinajstić information content (AvgIpc) is 2.87. The summed E-state index contributed by atoms with van der Waals surface area (Å²) in [5.41, 5.74) is 5.70. The van der Waals surface area contributed by atoms with E-state index in [0.29, 0.717) is 5.69 Å². The standard InChI is InChI=1S/C12H17F3N6/c1-7(2)21-9(4-5-19-21)12(16)18-6-8(11(13,14)15)10(17-3)20-12/h4-7,17,20H,16H2,1-3H3. The predicted molar refractivity (Wildman–Crippen MR) is 72.2 cm³/mol. The SMILES string of the molecule is CNC1=C(C(F)(F)F)C=NC(N)(c2ccnn2C(C)C)N1. The number of aliphatic imine (C=N–C) groups is 1. The van der Waals surface area contributed by atoms with Crippen molar-refractivity contribution in [2.75, 3.05) is 7.05 Å². The normalized spacial score (nSPS) is 22.7. The molecular formula is C12H17F3N6. The summed E-state index contributed by atoms with van der Waals surface area (Å²) in [4.78, 5) is 3.86. The predicted octanol–water partition coefficient (Wildman–Crippen LogP) is 1.20. The van der Waals surface area contributed by atoms with Gasteiger partial charge in [0.1, 0.15) is 17.1 Å². The molecule has 0 fully saturated rings. The minimum absolute atomic E-state index is 0.00143. The molecule has 1 aliphatic heterocycles. The van der Waals surface area contributed by atoms with E-state index in [1.54, 1.807) is 10.7 Å². The third-order valence-corrected chi connectivity index (χ3v) is 3.09. The first-order valence-electron chi connectivity index (χ1n) is 6.34. The summed E-state index contributed by atoms with van der Waals surface area (Å²) in [5.74, 6) is -1.73. The van der Waals surface area contributed by atoms with Crippen LogP contribution in [-0.4, -0.2) is 29.2 Å². The van der Waals surface area contributed by atoms with Crippen LogP contribution in [0.25, 0.3) is 0 Å². The Morgan fingerprint density at radius 3 is 2.62 bits per heavy atom. The van der Waals surface area contributed by atoms with E-state index in [1.807, 2.05) is 13.8 Å². The number of allylic oxidation sites excluding steroid dienone is 1. The lowest BCUT2D eigenvalue weighted by atomic mass is 10.1. The van der Waals surface area contributed by atoms with Gasteiger partial charge in [0.05, 0.1) is 0 Å². The van der Waals surface area contributed by atoms with Crippen molar-refractivity contribution in [2.24, 2.45) is 10.7 Å². The summed E-state index contributed by atoms with van der Waals surface area (Å²) >= 11 is 0. The second-order valence-electron chi connectivity index (χ2n) is 4.94. The number of alkyl halides is 3. The Kier molecular flexibility index (Phi) is 3.70. The van der Waals surface area contributed by atoms with Crippen LogP contribution in [0.15, 0.2) is 28.6 Å². The fourth-order valence-corrected chi connectivity index (χ4v) is 2.09. The number of hydrogen-bond donors (Lipinski definition) is 3. The maximum Gasteiger partial charge on any atom is 0.421 e. The lowest BCUT2D eigenvalue weighted by Crippen LogP contribution is -2.54. The summed E-state index contributed by atoms with van der Waals surface area (Å²) in [5, 5.41) is 9.19. The summed E-state index contributed by atoms with van der Waals surface area (Å²) in [7, 11) is 1.38. The average molecular weight is 302 g/mol. The van der Waals surface area contributed by atoms with Gasteiger partial charge in [0.15, 0.2) is 0 Å². The molecule has 2 rings (SSSR count). The van der Waals surface area contributed by atoms with Gasteiger partial charge in [-0.25, -0.2) is 4.99 Å². The van der Waals surface area contributed by atoms with Gasteiger partial charge in [0.25, 0.3) is 0 Å². The molecule has 6 nitrogen and oxygen atoms in total. The molecule has 0 saturated heterocycles. The number of halogens is 3. The van der Waals surface area contributed by atoms with Gasteiger partial charge in [-0.1, -0.05) is 0 Å². The molecular weight excluding hydrogens is 285 g/mol. The first kappa shape index (κ1) is 15.4. The Labute approximate surface area is 119 Å². The van der Waals surface area contributed by atoms with Gasteiger partial charge in [-0.3, -0.25) is 10.4 Å². The van der Waals surface area contributed by atoms with Crippen molar-refractivity contribution >= 4 is 6.21 Å². The van der Waals surface area contributed by atoms with Crippen molar-refractivity contribution in [1.82, 2.24) is 20.4 Å². The second-order valence-corrected chi connectivity index (χ2v) is 4.94. The van der Waals surface area contributed by atoms with Crippen LogP contribution in [0.5, 0.6) is 0 Å². The maximum atomic E-state index is 12.9. The van der Waals surface area contributed by atoms with Crippen molar-refractivity contribution in [1.29, 1.82) is 0 Å². The van der Waals surface area contributed by atoms with Crippen LogP contribution >= 0.6 is 0 Å². The van der Waals surface area contributed by atoms with E-state index < -0.39 is 17.5 Å². The Bertz CT molecular complexity index is 586. The monoisotopic (exact) mass is 302 g/mol. The lowest BCUT2D eigenvalue weighted by Gasteiger charge is -2.34. The molecule has 1 aromatic heterocycles. The molecule has 1 atom stereocenters. The summed E-state index contributed by atoms with van der Waals surface area (Å²) in [6, 6.07) is 1.62. The van der Waals surface area contributed by atoms with Crippen LogP contribution in [0.3, 0.4) is 0 Å². The van der Waals surface area contributed by atoms with E-state index in [1.165, 1.54) is 13.2 Å². The molecule has 0 aromatic carbocycles. The number of nitrogens with zero attached hydrogens (tertiary/aromatic N) is 3. The molecule has 0 saturated carbocycles. The molecule has 1 unspecified atom stereocenters. The van der Waals surface area contributed by atoms with Gasteiger partial charge in [0, 0.05) is 25.5 Å². The Hall–Kier alpha value is -2.03. The zero-order valence-corrected chi connectivity index (χ0v) is 11.9. The zero-order chi connectivity index (χ0) is 15.8. The van der Waals surface area contributed by atoms with Crippen LogP contribution in [0.1, 0.15) is 25.6 Å². The van der Waals surface area contributed by atoms with E-state index in [2.05, 4.69) is 20.7 Å². The van der Waals surface area contributed by atoms with Crippen LogP contribution in [-0.2, 0) is 5.79 Å². The molecule has 0 spiro atoms. The number of aromatic nitrogens is 2. The lowest BCUT2D eigenvalue weighted by molar-refractivity contribution is -0.0876. The molecule has 9 heteroatoms. The van der Waals surface area contributed by atoms with Crippen molar-refractivity contribution in [3.8, 4) is 0 Å². The van der Waals surface area contributed by atoms with Gasteiger partial charge >= 0.3 is 6.18 Å². The Balaban J connectivity index is 2.43. The molecule has 1 aliphatic rings. The van der Waals surface area contributed by atoms with Gasteiger partial charge in [-0.2, -0.15) is 18.3 Å². The minimum Gasteiger partial charge on any atom is -0.374 e. The molecule has 0 amide bonds. The largest absolute Gasteiger partial charge is 0.421 e. The Morgan fingerprint density at radius 2 is 2.10 bits per heavy atom. The molecule has 0 bridgehead atoms. The Morgan fingerprint density at radius 1 is 1.43 bits per heavy atom. The minimum atomic E-state index is -4.52. The highest BCUT2D eigenvalue weighted by Crippen LogP contribution is 2.31. The van der Waals surface area contributed by atoms with Crippen molar-refractivity contribution < 1.29 is 13.2 Å². The molecule has 0 aliphatic carbocycles. The van der Waals surface area contributed by atoms with E-state index in [0.717, 1.165) is 6.21 Å². The highest BCUT2D eigenvalue weighted by molar-refractivity contribution is 5.82. The van der Waals surface area contributed by atoms with Gasteiger partial charge in [-0.05, 0) is 19.9 Å². The molecule has 4 N–H and O–H groups in total. The number of nitrogens with one attached hydrogen (secondary N) is 2. The van der Waals surface area contributed by atoms with Crippen LogP contribution in [0.2, 0.25) is 0 Å². The summed E-state index contributed by atoms with van der Waals surface area (Å²) in [6.45, 7) is 3.78. The quantitative estimate of drug-likeness (QED) is 0.784. The molecule has 21 heavy (non-hydrogen) atoms. The van der Waals surface area contributed by atoms with E-state index in [-0.39, 0.29) is 11.9 Å². The number of hydrogen-bond acceptors (Lipinski definition) is 5. The topological polar surface area (TPSA) is 80.3 Å². The molecule has 1 aromatic rings. The maximum absolute atomic E-state index is 12.9. The van der Waals surface area contributed by atoms with E-state index in [9.17, 15) is 13.2 Å². The van der Waals surface area contributed by atoms with E-state index in [4.69, 9.17) is 5.73 Å². The fraction of sp³-hybridized carbons (Fsp3) is 0.500. The van der Waals surface area contributed by atoms with Crippen LogP contribution in [0, 0.1) is 0 Å². The number of rotatable bonds is 3. The third-order valence-electron chi connectivity index (χ3n) is 3.09. The first-order chi connectivity index (χ1) is 9.69. The smallest absolute Gasteiger partial charge is 0.374 e. The fourth-order valence-electron chi connectivity index (χ4n) is 2.09. The van der Waals surface area contributed by atoms with E-state index >= 15 is 0 Å². The van der Waals surface area contributed by atoms with Crippen LogP contribution < -0.4 is 16.4 Å². The van der Waals surface area contributed by atoms with Gasteiger partial charge in [-0.15, -0.1) is 0 Å². The summed E-state index contributed by atoms with van der Waals surface area (Å²) in [6.07, 6.45) is -2.25. The molecule has 2 heterocycles. The first-order valence-corrected chi connectivity index (χ1v) is 6.34. The zero-order valence-electron chi connectivity index (χ0n) is 11.9. The summed E-state index contributed by atoms with van der Waals surface area (Å²) < 4.78 is 40.3. The highest BCUT2D eigenvalue weighted by Gasteiger charge is 2.42. The third kappa shape index (κ3) is 2.73. The van der Waals surface area contributed by atoms with Crippen molar-refractivity contribution in [3.63, 3.8) is 0 Å². The number of nitrogens with two attached hydrogens (primary N) is 1. The molecule has 0 radical (unpaired) electrons. The van der Waals surface area contributed by atoms with Gasteiger partial charge < -0.3 is 10.6 Å². The van der Waals surface area contributed by atoms with Crippen LogP contribution in [0.4, 0.5) is 13.2 Å². The molecule has 116 valence electrons. The van der Waals surface area contributed by atoms with Crippen molar-refractivity contribution in [3.05, 3.63) is 29.4 Å². The highest BCUT2D eigenvalue weighted by atomic mass is 19.4. The van der Waals surface area contributed by atoms with Crippen molar-refractivity contribution in [2.45, 2.75) is 31.9 Å². The van der Waals surface area contributed by atoms with Gasteiger partial charge in [0.2, 0.25) is 5.79 Å². The second kappa shape index (κ2) is 5.06.